The lowest BCUT2D eigenvalue weighted by molar-refractivity contribution is 0.102. The number of ether oxygens (including phenoxy) is 1. The van der Waals surface area contributed by atoms with Gasteiger partial charge < -0.3 is 14.5 Å². The van der Waals surface area contributed by atoms with E-state index >= 15 is 0 Å². The van der Waals surface area contributed by atoms with E-state index in [4.69, 9.17) is 9.15 Å². The number of hydrogen-bond acceptors (Lipinski definition) is 4. The third-order valence-electron chi connectivity index (χ3n) is 4.17. The van der Waals surface area contributed by atoms with Crippen molar-refractivity contribution in [3.63, 3.8) is 0 Å². The van der Waals surface area contributed by atoms with Gasteiger partial charge in [0.2, 0.25) is 0 Å². The zero-order valence-corrected chi connectivity index (χ0v) is 15.9. The number of nitrogens with one attached hydrogen (secondary N) is 1. The Morgan fingerprint density at radius 3 is 2.33 bits per heavy atom. The Labute approximate surface area is 158 Å². The summed E-state index contributed by atoms with van der Waals surface area (Å²) in [7, 11) is 0. The van der Waals surface area contributed by atoms with Crippen molar-refractivity contribution in [1.82, 2.24) is 0 Å². The highest BCUT2D eigenvalue weighted by molar-refractivity contribution is 6.12. The van der Waals surface area contributed by atoms with Gasteiger partial charge >= 0.3 is 5.63 Å². The molecule has 0 bridgehead atoms. The molecule has 1 aromatic heterocycles. The van der Waals surface area contributed by atoms with E-state index in [1.54, 1.807) is 18.2 Å². The molecule has 0 fully saturated rings. The highest BCUT2D eigenvalue weighted by atomic mass is 16.5. The van der Waals surface area contributed by atoms with Gasteiger partial charge in [-0.25, -0.2) is 4.79 Å². The quantitative estimate of drug-likeness (QED) is 0.649. The Hall–Kier alpha value is -3.08. The smallest absolute Gasteiger partial charge is 0.337 e. The van der Waals surface area contributed by atoms with E-state index < -0.39 is 5.63 Å². The first kappa shape index (κ1) is 18.7. The highest BCUT2D eigenvalue weighted by Gasteiger charge is 2.15. The van der Waals surface area contributed by atoms with Gasteiger partial charge in [-0.05, 0) is 49.6 Å². The number of carbonyl (C=O) groups excluding carboxylic acids is 1. The van der Waals surface area contributed by atoms with E-state index in [-0.39, 0.29) is 17.6 Å². The standard InChI is InChI=1S/C22H23NO4/c1-13(2)15-5-7-16(8-6-15)23-22(25)19-12-21(24)27-20-11-17(26-14(3)4)9-10-18(19)20/h5-14H,1-4H3,(H,23,25). The minimum absolute atomic E-state index is 0.00513. The van der Waals surface area contributed by atoms with Gasteiger partial charge in [0.25, 0.3) is 5.91 Å². The molecule has 2 aromatic carbocycles. The zero-order valence-electron chi connectivity index (χ0n) is 15.9. The molecule has 140 valence electrons. The van der Waals surface area contributed by atoms with E-state index in [0.717, 1.165) is 0 Å². The Morgan fingerprint density at radius 1 is 1.00 bits per heavy atom. The molecule has 3 aromatic rings. The van der Waals surface area contributed by atoms with Crippen molar-refractivity contribution >= 4 is 22.6 Å². The number of anilines is 1. The molecule has 0 atom stereocenters. The first-order valence-corrected chi connectivity index (χ1v) is 8.99. The molecule has 0 aliphatic heterocycles. The predicted octanol–water partition coefficient (Wildman–Crippen LogP) is 4.96. The highest BCUT2D eigenvalue weighted by Crippen LogP contribution is 2.24. The summed E-state index contributed by atoms with van der Waals surface area (Å²) < 4.78 is 10.9. The largest absolute Gasteiger partial charge is 0.491 e. The summed E-state index contributed by atoms with van der Waals surface area (Å²) in [4.78, 5) is 24.7. The summed E-state index contributed by atoms with van der Waals surface area (Å²) >= 11 is 0. The lowest BCUT2D eigenvalue weighted by Gasteiger charge is -2.12. The third kappa shape index (κ3) is 4.37. The second kappa shape index (κ2) is 7.66. The van der Waals surface area contributed by atoms with Crippen LogP contribution in [0.2, 0.25) is 0 Å². The fraction of sp³-hybridized carbons (Fsp3) is 0.273. The zero-order chi connectivity index (χ0) is 19.6. The average molecular weight is 365 g/mol. The van der Waals surface area contributed by atoms with Crippen molar-refractivity contribution in [2.45, 2.75) is 39.7 Å². The molecule has 1 heterocycles. The van der Waals surface area contributed by atoms with Crippen molar-refractivity contribution < 1.29 is 13.9 Å². The van der Waals surface area contributed by atoms with Crippen LogP contribution in [0.4, 0.5) is 5.69 Å². The second-order valence-corrected chi connectivity index (χ2v) is 7.03. The molecule has 0 radical (unpaired) electrons. The molecular formula is C22H23NO4. The van der Waals surface area contributed by atoms with Crippen LogP contribution in [-0.2, 0) is 0 Å². The third-order valence-corrected chi connectivity index (χ3v) is 4.17. The minimum atomic E-state index is -0.579. The van der Waals surface area contributed by atoms with E-state index in [1.165, 1.54) is 11.6 Å². The Balaban J connectivity index is 1.92. The summed E-state index contributed by atoms with van der Waals surface area (Å²) in [6, 6.07) is 14.0. The SMILES string of the molecule is CC(C)Oc1ccc2c(C(=O)Nc3ccc(C(C)C)cc3)cc(=O)oc2c1. The number of amides is 1. The van der Waals surface area contributed by atoms with Crippen LogP contribution < -0.4 is 15.7 Å². The number of benzene rings is 2. The first-order valence-electron chi connectivity index (χ1n) is 8.99. The van der Waals surface area contributed by atoms with Crippen LogP contribution in [-0.4, -0.2) is 12.0 Å². The van der Waals surface area contributed by atoms with Crippen molar-refractivity contribution in [2.24, 2.45) is 0 Å². The molecule has 5 heteroatoms. The molecule has 0 saturated carbocycles. The molecule has 0 unspecified atom stereocenters. The topological polar surface area (TPSA) is 68.5 Å². The Morgan fingerprint density at radius 2 is 1.70 bits per heavy atom. The number of fused-ring (bicyclic) bond motifs is 1. The van der Waals surface area contributed by atoms with Crippen LogP contribution in [0, 0.1) is 0 Å². The van der Waals surface area contributed by atoms with E-state index in [1.807, 2.05) is 38.1 Å². The second-order valence-electron chi connectivity index (χ2n) is 7.03. The van der Waals surface area contributed by atoms with E-state index in [0.29, 0.717) is 28.3 Å². The molecule has 5 nitrogen and oxygen atoms in total. The average Bonchev–Trinajstić information content (AvgIpc) is 2.60. The van der Waals surface area contributed by atoms with Crippen molar-refractivity contribution in [3.05, 3.63) is 70.1 Å². The van der Waals surface area contributed by atoms with Gasteiger partial charge in [-0.1, -0.05) is 26.0 Å². The molecular weight excluding hydrogens is 342 g/mol. The number of rotatable bonds is 5. The van der Waals surface area contributed by atoms with Crippen LogP contribution in [0.15, 0.2) is 57.7 Å². The van der Waals surface area contributed by atoms with Gasteiger partial charge in [0.1, 0.15) is 11.3 Å². The van der Waals surface area contributed by atoms with Crippen molar-refractivity contribution in [2.75, 3.05) is 5.32 Å². The lowest BCUT2D eigenvalue weighted by atomic mass is 10.0. The molecule has 0 aliphatic rings. The molecule has 1 N–H and O–H groups in total. The van der Waals surface area contributed by atoms with Crippen LogP contribution in [0.5, 0.6) is 5.75 Å². The molecule has 0 saturated heterocycles. The maximum Gasteiger partial charge on any atom is 0.337 e. The van der Waals surface area contributed by atoms with Gasteiger partial charge in [0.15, 0.2) is 0 Å². The fourth-order valence-corrected chi connectivity index (χ4v) is 2.83. The fourth-order valence-electron chi connectivity index (χ4n) is 2.83. The van der Waals surface area contributed by atoms with Crippen LogP contribution in [0.3, 0.4) is 0 Å². The van der Waals surface area contributed by atoms with Gasteiger partial charge in [-0.15, -0.1) is 0 Å². The van der Waals surface area contributed by atoms with Crippen LogP contribution in [0.1, 0.15) is 49.5 Å². The van der Waals surface area contributed by atoms with E-state index in [9.17, 15) is 9.59 Å². The monoisotopic (exact) mass is 365 g/mol. The van der Waals surface area contributed by atoms with Crippen molar-refractivity contribution in [1.29, 1.82) is 0 Å². The maximum atomic E-state index is 12.7. The van der Waals surface area contributed by atoms with E-state index in [2.05, 4.69) is 19.2 Å². The summed E-state index contributed by atoms with van der Waals surface area (Å²) in [5.74, 6) is 0.643. The maximum absolute atomic E-state index is 12.7. The normalized spacial score (nSPS) is 11.2. The molecule has 0 spiro atoms. The summed E-state index contributed by atoms with van der Waals surface area (Å²) in [6.45, 7) is 8.05. The summed E-state index contributed by atoms with van der Waals surface area (Å²) in [6.07, 6.45) is -0.00513. The minimum Gasteiger partial charge on any atom is -0.491 e. The summed E-state index contributed by atoms with van der Waals surface area (Å²) in [5, 5.41) is 3.40. The lowest BCUT2D eigenvalue weighted by Crippen LogP contribution is -2.15. The first-order chi connectivity index (χ1) is 12.8. The number of hydrogen-bond donors (Lipinski definition) is 1. The van der Waals surface area contributed by atoms with Crippen LogP contribution in [0.25, 0.3) is 11.0 Å². The van der Waals surface area contributed by atoms with Gasteiger partial charge in [0, 0.05) is 23.2 Å². The molecule has 1 amide bonds. The molecule has 27 heavy (non-hydrogen) atoms. The summed E-state index contributed by atoms with van der Waals surface area (Å²) in [5.41, 5.74) is 1.87. The van der Waals surface area contributed by atoms with Crippen LogP contribution >= 0.6 is 0 Å². The van der Waals surface area contributed by atoms with Gasteiger partial charge in [-0.3, -0.25) is 4.79 Å². The molecule has 0 aliphatic carbocycles. The van der Waals surface area contributed by atoms with Gasteiger partial charge in [-0.2, -0.15) is 0 Å². The number of carbonyl (C=O) groups is 1. The Bertz CT molecular complexity index is 1020. The predicted molar refractivity (Wildman–Crippen MR) is 107 cm³/mol. The Kier molecular flexibility index (Phi) is 5.31. The molecule has 3 rings (SSSR count). The van der Waals surface area contributed by atoms with Crippen molar-refractivity contribution in [3.8, 4) is 5.75 Å². The van der Waals surface area contributed by atoms with Gasteiger partial charge in [0.05, 0.1) is 11.7 Å².